The summed E-state index contributed by atoms with van der Waals surface area (Å²) in [6.45, 7) is 6.00. The van der Waals surface area contributed by atoms with Crippen LogP contribution in [0.25, 0.3) is 0 Å². The van der Waals surface area contributed by atoms with Crippen LogP contribution in [0.15, 0.2) is 48.5 Å². The SMILES string of the molecule is COc1cccc(N(CC(=O)Nc2ccc(C(C)(C)C)cc2)S(C)(=O)=O)c1. The predicted molar refractivity (Wildman–Crippen MR) is 109 cm³/mol. The van der Waals surface area contributed by atoms with Gasteiger partial charge in [-0.1, -0.05) is 39.0 Å². The van der Waals surface area contributed by atoms with Crippen LogP contribution in [0.2, 0.25) is 0 Å². The van der Waals surface area contributed by atoms with Crippen molar-refractivity contribution in [3.63, 3.8) is 0 Å². The lowest BCUT2D eigenvalue weighted by atomic mass is 9.87. The van der Waals surface area contributed by atoms with E-state index in [2.05, 4.69) is 26.1 Å². The van der Waals surface area contributed by atoms with Gasteiger partial charge in [0.2, 0.25) is 15.9 Å². The van der Waals surface area contributed by atoms with Gasteiger partial charge in [0.1, 0.15) is 12.3 Å². The molecule has 0 radical (unpaired) electrons. The number of hydrogen-bond acceptors (Lipinski definition) is 4. The molecule has 0 spiro atoms. The van der Waals surface area contributed by atoms with Crippen LogP contribution in [-0.4, -0.2) is 34.2 Å². The van der Waals surface area contributed by atoms with Gasteiger partial charge in [-0.3, -0.25) is 9.10 Å². The number of nitrogens with zero attached hydrogens (tertiary/aromatic N) is 1. The number of anilines is 2. The normalized spacial score (nSPS) is 11.7. The highest BCUT2D eigenvalue weighted by Crippen LogP contribution is 2.25. The first kappa shape index (κ1) is 20.8. The largest absolute Gasteiger partial charge is 0.497 e. The highest BCUT2D eigenvalue weighted by molar-refractivity contribution is 7.92. The summed E-state index contributed by atoms with van der Waals surface area (Å²) in [4.78, 5) is 12.4. The van der Waals surface area contributed by atoms with E-state index in [4.69, 9.17) is 4.74 Å². The van der Waals surface area contributed by atoms with Crippen LogP contribution in [0.5, 0.6) is 5.75 Å². The van der Waals surface area contributed by atoms with E-state index in [1.54, 1.807) is 24.3 Å². The molecule has 146 valence electrons. The molecule has 0 heterocycles. The van der Waals surface area contributed by atoms with Gasteiger partial charge >= 0.3 is 0 Å². The Balaban J connectivity index is 2.17. The summed E-state index contributed by atoms with van der Waals surface area (Å²) in [7, 11) is -2.14. The van der Waals surface area contributed by atoms with E-state index < -0.39 is 15.9 Å². The van der Waals surface area contributed by atoms with Crippen LogP contribution in [0.1, 0.15) is 26.3 Å². The van der Waals surface area contributed by atoms with E-state index in [9.17, 15) is 13.2 Å². The van der Waals surface area contributed by atoms with Gasteiger partial charge in [-0.05, 0) is 35.2 Å². The topological polar surface area (TPSA) is 75.7 Å². The van der Waals surface area contributed by atoms with E-state index in [-0.39, 0.29) is 12.0 Å². The van der Waals surface area contributed by atoms with Crippen LogP contribution < -0.4 is 14.4 Å². The van der Waals surface area contributed by atoms with Crippen molar-refractivity contribution in [2.45, 2.75) is 26.2 Å². The maximum atomic E-state index is 12.4. The van der Waals surface area contributed by atoms with Gasteiger partial charge < -0.3 is 10.1 Å². The van der Waals surface area contributed by atoms with Crippen molar-refractivity contribution < 1.29 is 17.9 Å². The van der Waals surface area contributed by atoms with E-state index >= 15 is 0 Å². The molecule has 0 saturated heterocycles. The summed E-state index contributed by atoms with van der Waals surface area (Å²) < 4.78 is 30.5. The lowest BCUT2D eigenvalue weighted by Gasteiger charge is -2.22. The fourth-order valence-electron chi connectivity index (χ4n) is 2.55. The highest BCUT2D eigenvalue weighted by atomic mass is 32.2. The Morgan fingerprint density at radius 1 is 1.11 bits per heavy atom. The molecule has 7 heteroatoms. The van der Waals surface area contributed by atoms with Gasteiger partial charge in [0.05, 0.1) is 19.1 Å². The zero-order valence-electron chi connectivity index (χ0n) is 16.3. The first-order chi connectivity index (χ1) is 12.5. The lowest BCUT2D eigenvalue weighted by Crippen LogP contribution is -2.37. The summed E-state index contributed by atoms with van der Waals surface area (Å²) in [6.07, 6.45) is 1.07. The molecule has 0 atom stereocenters. The Bertz CT molecular complexity index is 900. The minimum atomic E-state index is -3.64. The Hall–Kier alpha value is -2.54. The van der Waals surface area contributed by atoms with Crippen LogP contribution in [-0.2, 0) is 20.2 Å². The van der Waals surface area contributed by atoms with Crippen molar-refractivity contribution in [1.29, 1.82) is 0 Å². The molecular formula is C20H26N2O4S. The van der Waals surface area contributed by atoms with Gasteiger partial charge in [0.25, 0.3) is 0 Å². The van der Waals surface area contributed by atoms with Crippen molar-refractivity contribution in [2.75, 3.05) is 29.5 Å². The molecule has 27 heavy (non-hydrogen) atoms. The first-order valence-electron chi connectivity index (χ1n) is 8.53. The fraction of sp³-hybridized carbons (Fsp3) is 0.350. The standard InChI is InChI=1S/C20H26N2O4S/c1-20(2,3)15-9-11-16(12-10-15)21-19(23)14-22(27(5,24)25)17-7-6-8-18(13-17)26-4/h6-13H,14H2,1-5H3,(H,21,23). The molecule has 0 bridgehead atoms. The molecule has 2 aromatic rings. The summed E-state index contributed by atoms with van der Waals surface area (Å²) in [5.74, 6) is 0.0890. The molecule has 6 nitrogen and oxygen atoms in total. The molecule has 0 aliphatic heterocycles. The molecule has 1 N–H and O–H groups in total. The summed E-state index contributed by atoms with van der Waals surface area (Å²) in [6, 6.07) is 14.1. The van der Waals surface area contributed by atoms with Gasteiger partial charge in [0, 0.05) is 11.8 Å². The van der Waals surface area contributed by atoms with E-state index in [0.717, 1.165) is 16.1 Å². The Morgan fingerprint density at radius 3 is 2.26 bits per heavy atom. The zero-order valence-corrected chi connectivity index (χ0v) is 17.1. The molecule has 0 aliphatic rings. The highest BCUT2D eigenvalue weighted by Gasteiger charge is 2.21. The molecule has 1 amide bonds. The Kier molecular flexibility index (Phi) is 6.15. The number of ether oxygens (including phenoxy) is 1. The van der Waals surface area contributed by atoms with E-state index in [1.165, 1.54) is 7.11 Å². The van der Waals surface area contributed by atoms with Crippen molar-refractivity contribution in [3.05, 3.63) is 54.1 Å². The number of hydrogen-bond donors (Lipinski definition) is 1. The second kappa shape index (κ2) is 8.00. The number of carbonyl (C=O) groups is 1. The third-order valence-corrected chi connectivity index (χ3v) is 5.20. The van der Waals surface area contributed by atoms with Crippen molar-refractivity contribution in [1.82, 2.24) is 0 Å². The fourth-order valence-corrected chi connectivity index (χ4v) is 3.40. The van der Waals surface area contributed by atoms with Crippen molar-refractivity contribution in [3.8, 4) is 5.75 Å². The predicted octanol–water partition coefficient (Wildman–Crippen LogP) is 3.40. The summed E-state index contributed by atoms with van der Waals surface area (Å²) >= 11 is 0. The summed E-state index contributed by atoms with van der Waals surface area (Å²) in [5.41, 5.74) is 2.15. The van der Waals surface area contributed by atoms with E-state index in [0.29, 0.717) is 17.1 Å². The number of methoxy groups -OCH3 is 1. The van der Waals surface area contributed by atoms with Crippen LogP contribution >= 0.6 is 0 Å². The molecule has 2 rings (SSSR count). The first-order valence-corrected chi connectivity index (χ1v) is 10.4. The van der Waals surface area contributed by atoms with Gasteiger partial charge in [-0.25, -0.2) is 8.42 Å². The number of rotatable bonds is 6. The third-order valence-electron chi connectivity index (χ3n) is 4.06. The molecule has 2 aromatic carbocycles. The van der Waals surface area contributed by atoms with Gasteiger partial charge in [0.15, 0.2) is 0 Å². The smallest absolute Gasteiger partial charge is 0.245 e. The number of amides is 1. The van der Waals surface area contributed by atoms with Crippen LogP contribution in [0.4, 0.5) is 11.4 Å². The average Bonchev–Trinajstić information content (AvgIpc) is 2.58. The molecule has 0 fully saturated rings. The van der Waals surface area contributed by atoms with Crippen molar-refractivity contribution in [2.24, 2.45) is 0 Å². The monoisotopic (exact) mass is 390 g/mol. The quantitative estimate of drug-likeness (QED) is 0.820. The average molecular weight is 391 g/mol. The maximum Gasteiger partial charge on any atom is 0.245 e. The molecule has 0 aliphatic carbocycles. The number of benzene rings is 2. The number of sulfonamides is 1. The Labute approximate surface area is 161 Å². The molecule has 0 aromatic heterocycles. The molecule has 0 saturated carbocycles. The zero-order chi connectivity index (χ0) is 20.2. The minimum Gasteiger partial charge on any atom is -0.497 e. The number of nitrogens with one attached hydrogen (secondary N) is 1. The maximum absolute atomic E-state index is 12.4. The van der Waals surface area contributed by atoms with Crippen LogP contribution in [0, 0.1) is 0 Å². The summed E-state index contributed by atoms with van der Waals surface area (Å²) in [5, 5.41) is 2.75. The van der Waals surface area contributed by atoms with Gasteiger partial charge in [-0.2, -0.15) is 0 Å². The Morgan fingerprint density at radius 2 is 1.74 bits per heavy atom. The number of carbonyl (C=O) groups excluding carboxylic acids is 1. The van der Waals surface area contributed by atoms with Crippen molar-refractivity contribution >= 4 is 27.3 Å². The third kappa shape index (κ3) is 5.72. The van der Waals surface area contributed by atoms with Gasteiger partial charge in [-0.15, -0.1) is 0 Å². The van der Waals surface area contributed by atoms with E-state index in [1.807, 2.05) is 24.3 Å². The second-order valence-electron chi connectivity index (χ2n) is 7.35. The van der Waals surface area contributed by atoms with Crippen LogP contribution in [0.3, 0.4) is 0 Å². The minimum absolute atomic E-state index is 0.0159. The molecule has 0 unspecified atom stereocenters. The second-order valence-corrected chi connectivity index (χ2v) is 9.25. The lowest BCUT2D eigenvalue weighted by molar-refractivity contribution is -0.114. The molecular weight excluding hydrogens is 364 g/mol.